The Bertz CT molecular complexity index is 966. The zero-order valence-electron chi connectivity index (χ0n) is 17.8. The highest BCUT2D eigenvalue weighted by Crippen LogP contribution is 2.37. The van der Waals surface area contributed by atoms with Crippen LogP contribution >= 0.6 is 0 Å². The number of nitrogens with two attached hydrogens (primary N) is 2. The molecule has 1 aromatic heterocycles. The van der Waals surface area contributed by atoms with Gasteiger partial charge in [0.15, 0.2) is 0 Å². The van der Waals surface area contributed by atoms with Crippen molar-refractivity contribution in [1.29, 1.82) is 5.41 Å². The first-order chi connectivity index (χ1) is 14.3. The molecule has 1 saturated carbocycles. The van der Waals surface area contributed by atoms with E-state index >= 15 is 0 Å². The number of nitrogens with one attached hydrogen (secondary N) is 2. The van der Waals surface area contributed by atoms with E-state index in [1.54, 1.807) is 24.3 Å². The Morgan fingerprint density at radius 3 is 2.53 bits per heavy atom. The summed E-state index contributed by atoms with van der Waals surface area (Å²) in [5.41, 5.74) is 14.6. The minimum Gasteiger partial charge on any atom is -0.383 e. The third-order valence-electron chi connectivity index (χ3n) is 6.04. The number of hydrogen-bond donors (Lipinski definition) is 4. The fourth-order valence-electron chi connectivity index (χ4n) is 4.40. The van der Waals surface area contributed by atoms with Crippen molar-refractivity contribution in [2.24, 2.45) is 17.6 Å². The summed E-state index contributed by atoms with van der Waals surface area (Å²) in [6.07, 6.45) is 7.21. The van der Waals surface area contributed by atoms with E-state index in [2.05, 4.69) is 42.1 Å². The average Bonchev–Trinajstić information content (AvgIpc) is 2.73. The van der Waals surface area contributed by atoms with Crippen molar-refractivity contribution in [1.82, 2.24) is 9.97 Å². The lowest BCUT2D eigenvalue weighted by atomic mass is 9.74. The molecule has 158 valence electrons. The number of carbonyl (C=O) groups excluding carboxylic acids is 1. The standard InChI is InChI=1S/C23H30N6O/c1-4-17-13(2)6-5-7-18(17)14(3)29-23-19(21(25)27-12-28-23)20(24)15-8-10-16(11-9-15)22(26)30/h4,8-14,18,24H,5-7H2,1-3H3,(H2,26,30)(H3,25,27,28,29). The van der Waals surface area contributed by atoms with E-state index in [4.69, 9.17) is 16.9 Å². The van der Waals surface area contributed by atoms with Gasteiger partial charge in [-0.15, -0.1) is 0 Å². The largest absolute Gasteiger partial charge is 0.383 e. The van der Waals surface area contributed by atoms with Crippen molar-refractivity contribution >= 4 is 23.3 Å². The smallest absolute Gasteiger partial charge is 0.248 e. The van der Waals surface area contributed by atoms with Crippen LogP contribution in [0.2, 0.25) is 0 Å². The molecular formula is C23H30N6O. The van der Waals surface area contributed by atoms with Crippen LogP contribution in [0.4, 0.5) is 11.6 Å². The zero-order chi connectivity index (χ0) is 21.8. The topological polar surface area (TPSA) is 131 Å². The first kappa shape index (κ1) is 21.5. The normalized spacial score (nSPS) is 21.2. The first-order valence-corrected chi connectivity index (χ1v) is 10.4. The number of primary amides is 1. The van der Waals surface area contributed by atoms with Crippen molar-refractivity contribution in [2.75, 3.05) is 11.1 Å². The van der Waals surface area contributed by atoms with Crippen LogP contribution in [0.1, 0.15) is 61.5 Å². The van der Waals surface area contributed by atoms with Crippen LogP contribution in [0, 0.1) is 17.2 Å². The van der Waals surface area contributed by atoms with Crippen LogP contribution in [0.3, 0.4) is 0 Å². The number of nitrogens with zero attached hydrogens (tertiary/aromatic N) is 2. The molecule has 1 aliphatic carbocycles. The maximum Gasteiger partial charge on any atom is 0.248 e. The molecule has 0 bridgehead atoms. The van der Waals surface area contributed by atoms with E-state index in [0.29, 0.717) is 34.3 Å². The highest BCUT2D eigenvalue weighted by molar-refractivity contribution is 6.16. The SMILES string of the molecule is CC=C1C(C)CCCC1C(C)Nc1ncnc(N)c1C(=N)c1ccc(C(N)=O)cc1. The van der Waals surface area contributed by atoms with Crippen molar-refractivity contribution in [2.45, 2.75) is 46.1 Å². The molecule has 1 aromatic carbocycles. The van der Waals surface area contributed by atoms with Crippen LogP contribution < -0.4 is 16.8 Å². The molecule has 0 spiro atoms. The molecule has 1 aliphatic rings. The number of benzene rings is 1. The molecule has 3 atom stereocenters. The fraction of sp³-hybridized carbons (Fsp3) is 0.391. The van der Waals surface area contributed by atoms with Gasteiger partial charge in [-0.25, -0.2) is 9.97 Å². The number of nitrogen functional groups attached to an aromatic ring is 1. The summed E-state index contributed by atoms with van der Waals surface area (Å²) in [6, 6.07) is 6.70. The van der Waals surface area contributed by atoms with Gasteiger partial charge in [0.2, 0.25) is 5.91 Å². The molecule has 1 heterocycles. The summed E-state index contributed by atoms with van der Waals surface area (Å²) >= 11 is 0. The summed E-state index contributed by atoms with van der Waals surface area (Å²) in [5, 5.41) is 12.2. The summed E-state index contributed by atoms with van der Waals surface area (Å²) in [5.74, 6) is 1.27. The highest BCUT2D eigenvalue weighted by Gasteiger charge is 2.29. The van der Waals surface area contributed by atoms with Gasteiger partial charge in [-0.3, -0.25) is 10.2 Å². The van der Waals surface area contributed by atoms with Crippen LogP contribution in [0.5, 0.6) is 0 Å². The predicted octanol–water partition coefficient (Wildman–Crippen LogP) is 3.76. The lowest BCUT2D eigenvalue weighted by Crippen LogP contribution is -2.33. The number of amides is 1. The Labute approximate surface area is 177 Å². The summed E-state index contributed by atoms with van der Waals surface area (Å²) in [7, 11) is 0. The van der Waals surface area contributed by atoms with Gasteiger partial charge in [0.25, 0.3) is 0 Å². The van der Waals surface area contributed by atoms with Crippen LogP contribution in [-0.2, 0) is 0 Å². The molecule has 0 saturated heterocycles. The number of carbonyl (C=O) groups is 1. The van der Waals surface area contributed by atoms with Crippen molar-refractivity contribution in [3.05, 3.63) is 58.9 Å². The molecular weight excluding hydrogens is 376 g/mol. The molecule has 3 rings (SSSR count). The maximum absolute atomic E-state index is 11.3. The van der Waals surface area contributed by atoms with Crippen molar-refractivity contribution in [3.63, 3.8) is 0 Å². The monoisotopic (exact) mass is 406 g/mol. The number of anilines is 2. The molecule has 3 unspecified atom stereocenters. The molecule has 30 heavy (non-hydrogen) atoms. The number of hydrogen-bond acceptors (Lipinski definition) is 6. The van der Waals surface area contributed by atoms with Crippen LogP contribution in [-0.4, -0.2) is 27.6 Å². The molecule has 0 aliphatic heterocycles. The van der Waals surface area contributed by atoms with Gasteiger partial charge in [0.1, 0.15) is 18.0 Å². The van der Waals surface area contributed by atoms with Gasteiger partial charge >= 0.3 is 0 Å². The second-order valence-corrected chi connectivity index (χ2v) is 7.96. The van der Waals surface area contributed by atoms with E-state index in [0.717, 1.165) is 6.42 Å². The van der Waals surface area contributed by atoms with Gasteiger partial charge in [-0.1, -0.05) is 37.1 Å². The van der Waals surface area contributed by atoms with Gasteiger partial charge in [0.05, 0.1) is 11.3 Å². The zero-order valence-corrected chi connectivity index (χ0v) is 17.8. The number of rotatable bonds is 6. The molecule has 1 fully saturated rings. The van der Waals surface area contributed by atoms with Gasteiger partial charge in [-0.2, -0.15) is 0 Å². The fourth-order valence-corrected chi connectivity index (χ4v) is 4.40. The molecule has 7 nitrogen and oxygen atoms in total. The Kier molecular flexibility index (Phi) is 6.50. The Hall–Kier alpha value is -3.22. The molecule has 2 aromatic rings. The first-order valence-electron chi connectivity index (χ1n) is 10.4. The molecule has 0 radical (unpaired) electrons. The van der Waals surface area contributed by atoms with E-state index in [-0.39, 0.29) is 17.6 Å². The van der Waals surface area contributed by atoms with Gasteiger partial charge in [0, 0.05) is 17.2 Å². The van der Waals surface area contributed by atoms with Crippen molar-refractivity contribution in [3.8, 4) is 0 Å². The van der Waals surface area contributed by atoms with E-state index in [1.165, 1.54) is 24.7 Å². The summed E-state index contributed by atoms with van der Waals surface area (Å²) in [4.78, 5) is 19.8. The van der Waals surface area contributed by atoms with E-state index in [1.807, 2.05) is 0 Å². The Morgan fingerprint density at radius 1 is 1.23 bits per heavy atom. The summed E-state index contributed by atoms with van der Waals surface area (Å²) < 4.78 is 0. The Morgan fingerprint density at radius 2 is 1.90 bits per heavy atom. The Balaban J connectivity index is 1.89. The highest BCUT2D eigenvalue weighted by atomic mass is 16.1. The van der Waals surface area contributed by atoms with Crippen LogP contribution in [0.15, 0.2) is 42.2 Å². The van der Waals surface area contributed by atoms with Gasteiger partial charge < -0.3 is 16.8 Å². The predicted molar refractivity (Wildman–Crippen MR) is 121 cm³/mol. The minimum absolute atomic E-state index is 0.136. The molecule has 1 amide bonds. The summed E-state index contributed by atoms with van der Waals surface area (Å²) in [6.45, 7) is 6.55. The number of aromatic nitrogens is 2. The van der Waals surface area contributed by atoms with Crippen molar-refractivity contribution < 1.29 is 4.79 Å². The third kappa shape index (κ3) is 4.35. The second-order valence-electron chi connectivity index (χ2n) is 7.96. The van der Waals surface area contributed by atoms with Gasteiger partial charge in [-0.05, 0) is 50.7 Å². The lowest BCUT2D eigenvalue weighted by molar-refractivity contribution is 0.100. The maximum atomic E-state index is 11.3. The van der Waals surface area contributed by atoms with E-state index in [9.17, 15) is 4.79 Å². The molecule has 6 N–H and O–H groups in total. The molecule has 7 heteroatoms. The quantitative estimate of drug-likeness (QED) is 0.428. The average molecular weight is 407 g/mol. The van der Waals surface area contributed by atoms with Crippen LogP contribution in [0.25, 0.3) is 0 Å². The third-order valence-corrected chi connectivity index (χ3v) is 6.04. The van der Waals surface area contributed by atoms with E-state index < -0.39 is 5.91 Å². The minimum atomic E-state index is -0.506. The number of allylic oxidation sites excluding steroid dienone is 1. The lowest BCUT2D eigenvalue weighted by Gasteiger charge is -2.35. The second kappa shape index (κ2) is 9.07.